The minimum atomic E-state index is 0.389. The van der Waals surface area contributed by atoms with Crippen molar-refractivity contribution in [3.63, 3.8) is 0 Å². The van der Waals surface area contributed by atoms with Gasteiger partial charge in [-0.15, -0.1) is 11.3 Å². The molecule has 15 heavy (non-hydrogen) atoms. The normalized spacial score (nSPS) is 23.9. The highest BCUT2D eigenvalue weighted by atomic mass is 32.1. The summed E-state index contributed by atoms with van der Waals surface area (Å²) >= 11 is 1.90. The fourth-order valence-corrected chi connectivity index (χ4v) is 3.50. The van der Waals surface area contributed by atoms with Gasteiger partial charge in [0.15, 0.2) is 0 Å². The molecular weight excluding hydrogens is 204 g/mol. The van der Waals surface area contributed by atoms with Gasteiger partial charge in [0.1, 0.15) is 0 Å². The lowest BCUT2D eigenvalue weighted by molar-refractivity contribution is 0.265. The standard InChI is InChI=1S/C12H20N2S/c1-5-10-14-9-7-12(2,3)6-8(13-4)11(9)15-10/h8,13H,5-7H2,1-4H3. The molecule has 2 rings (SSSR count). The molecule has 0 spiro atoms. The maximum absolute atomic E-state index is 4.74. The molecule has 0 aliphatic heterocycles. The van der Waals surface area contributed by atoms with Crippen LogP contribution in [0.5, 0.6) is 0 Å². The first-order chi connectivity index (χ1) is 7.05. The molecule has 1 aliphatic carbocycles. The van der Waals surface area contributed by atoms with Crippen LogP contribution in [0.1, 0.15) is 48.8 Å². The summed E-state index contributed by atoms with van der Waals surface area (Å²) in [5.74, 6) is 0. The first-order valence-corrected chi connectivity index (χ1v) is 6.53. The fourth-order valence-electron chi connectivity index (χ4n) is 2.37. The molecule has 1 unspecified atom stereocenters. The Morgan fingerprint density at radius 2 is 2.27 bits per heavy atom. The number of nitrogens with one attached hydrogen (secondary N) is 1. The van der Waals surface area contributed by atoms with Crippen molar-refractivity contribution >= 4 is 11.3 Å². The third-order valence-corrected chi connectivity index (χ3v) is 4.50. The maximum Gasteiger partial charge on any atom is 0.0928 e. The van der Waals surface area contributed by atoms with Gasteiger partial charge in [0.05, 0.1) is 10.7 Å². The summed E-state index contributed by atoms with van der Waals surface area (Å²) in [6, 6.07) is 0.515. The SMILES string of the molecule is CCc1nc2c(s1)C(NC)CC(C)(C)C2. The van der Waals surface area contributed by atoms with Crippen LogP contribution in [0, 0.1) is 5.41 Å². The van der Waals surface area contributed by atoms with Crippen molar-refractivity contribution in [1.82, 2.24) is 10.3 Å². The van der Waals surface area contributed by atoms with Crippen LogP contribution in [0.25, 0.3) is 0 Å². The Morgan fingerprint density at radius 1 is 1.53 bits per heavy atom. The number of hydrogen-bond acceptors (Lipinski definition) is 3. The van der Waals surface area contributed by atoms with Crippen LogP contribution in [-0.4, -0.2) is 12.0 Å². The Labute approximate surface area is 96.1 Å². The van der Waals surface area contributed by atoms with E-state index >= 15 is 0 Å². The Balaban J connectivity index is 2.38. The van der Waals surface area contributed by atoms with E-state index in [-0.39, 0.29) is 0 Å². The first-order valence-electron chi connectivity index (χ1n) is 5.71. The Kier molecular flexibility index (Phi) is 2.86. The highest BCUT2D eigenvalue weighted by Gasteiger charge is 2.33. The van der Waals surface area contributed by atoms with Crippen molar-refractivity contribution in [2.45, 2.75) is 46.1 Å². The topological polar surface area (TPSA) is 24.9 Å². The third kappa shape index (κ3) is 2.08. The first kappa shape index (κ1) is 11.1. The molecule has 3 heteroatoms. The molecule has 0 aromatic carbocycles. The molecule has 1 atom stereocenters. The number of thiazole rings is 1. The van der Waals surface area contributed by atoms with E-state index in [4.69, 9.17) is 4.98 Å². The molecule has 0 saturated carbocycles. The molecule has 0 saturated heterocycles. The second-order valence-electron chi connectivity index (χ2n) is 5.16. The summed E-state index contributed by atoms with van der Waals surface area (Å²) in [4.78, 5) is 6.22. The number of aryl methyl sites for hydroxylation is 1. The fraction of sp³-hybridized carbons (Fsp3) is 0.750. The average Bonchev–Trinajstić information content (AvgIpc) is 2.57. The highest BCUT2D eigenvalue weighted by Crippen LogP contribution is 2.42. The number of hydrogen-bond donors (Lipinski definition) is 1. The molecule has 1 heterocycles. The summed E-state index contributed by atoms with van der Waals surface area (Å²) in [6.45, 7) is 6.86. The van der Waals surface area contributed by atoms with Gasteiger partial charge in [0.2, 0.25) is 0 Å². The van der Waals surface area contributed by atoms with E-state index in [1.165, 1.54) is 22.0 Å². The van der Waals surface area contributed by atoms with E-state index in [2.05, 4.69) is 33.1 Å². The van der Waals surface area contributed by atoms with Crippen molar-refractivity contribution in [1.29, 1.82) is 0 Å². The second kappa shape index (κ2) is 3.87. The number of nitrogens with zero attached hydrogens (tertiary/aromatic N) is 1. The molecule has 2 nitrogen and oxygen atoms in total. The van der Waals surface area contributed by atoms with Crippen LogP contribution in [0.2, 0.25) is 0 Å². The largest absolute Gasteiger partial charge is 0.312 e. The van der Waals surface area contributed by atoms with Crippen LogP contribution in [0.15, 0.2) is 0 Å². The minimum Gasteiger partial charge on any atom is -0.312 e. The third-order valence-electron chi connectivity index (χ3n) is 3.14. The van der Waals surface area contributed by atoms with Crippen LogP contribution >= 0.6 is 11.3 Å². The van der Waals surface area contributed by atoms with E-state index in [1.807, 2.05) is 11.3 Å². The second-order valence-corrected chi connectivity index (χ2v) is 6.27. The van der Waals surface area contributed by atoms with Gasteiger partial charge >= 0.3 is 0 Å². The van der Waals surface area contributed by atoms with Gasteiger partial charge in [-0.05, 0) is 31.7 Å². The summed E-state index contributed by atoms with van der Waals surface area (Å²) in [5, 5.41) is 4.71. The molecule has 0 fully saturated rings. The lowest BCUT2D eigenvalue weighted by Gasteiger charge is -2.34. The van der Waals surface area contributed by atoms with Crippen LogP contribution in [0.4, 0.5) is 0 Å². The lowest BCUT2D eigenvalue weighted by atomic mass is 9.76. The Hall–Kier alpha value is -0.410. The van der Waals surface area contributed by atoms with E-state index < -0.39 is 0 Å². The van der Waals surface area contributed by atoms with Gasteiger partial charge in [-0.2, -0.15) is 0 Å². The molecule has 0 radical (unpaired) electrons. The quantitative estimate of drug-likeness (QED) is 0.835. The summed E-state index contributed by atoms with van der Waals surface area (Å²) in [6.07, 6.45) is 3.42. The summed E-state index contributed by atoms with van der Waals surface area (Å²) in [7, 11) is 2.06. The zero-order valence-corrected chi connectivity index (χ0v) is 10.9. The number of rotatable bonds is 2. The van der Waals surface area contributed by atoms with Crippen molar-refractivity contribution < 1.29 is 0 Å². The van der Waals surface area contributed by atoms with Gasteiger partial charge in [0, 0.05) is 10.9 Å². The van der Waals surface area contributed by atoms with Gasteiger partial charge in [-0.25, -0.2) is 4.98 Å². The predicted octanol–water partition coefficient (Wildman–Crippen LogP) is 2.94. The van der Waals surface area contributed by atoms with Crippen molar-refractivity contribution in [2.75, 3.05) is 7.05 Å². The zero-order valence-electron chi connectivity index (χ0n) is 10.1. The van der Waals surface area contributed by atoms with Gasteiger partial charge in [-0.3, -0.25) is 0 Å². The van der Waals surface area contributed by atoms with Crippen LogP contribution in [0.3, 0.4) is 0 Å². The van der Waals surface area contributed by atoms with E-state index in [9.17, 15) is 0 Å². The molecule has 84 valence electrons. The number of aromatic nitrogens is 1. The van der Waals surface area contributed by atoms with E-state index in [0.29, 0.717) is 11.5 Å². The minimum absolute atomic E-state index is 0.389. The van der Waals surface area contributed by atoms with Gasteiger partial charge in [0.25, 0.3) is 0 Å². The maximum atomic E-state index is 4.74. The number of fused-ring (bicyclic) bond motifs is 1. The predicted molar refractivity (Wildman–Crippen MR) is 65.4 cm³/mol. The van der Waals surface area contributed by atoms with Crippen LogP contribution in [-0.2, 0) is 12.8 Å². The monoisotopic (exact) mass is 224 g/mol. The van der Waals surface area contributed by atoms with Crippen molar-refractivity contribution in [3.05, 3.63) is 15.6 Å². The molecular formula is C12H20N2S. The van der Waals surface area contributed by atoms with E-state index in [1.54, 1.807) is 0 Å². The summed E-state index contributed by atoms with van der Waals surface area (Å²) in [5.41, 5.74) is 1.73. The van der Waals surface area contributed by atoms with Crippen molar-refractivity contribution in [2.24, 2.45) is 5.41 Å². The molecule has 1 aromatic heterocycles. The van der Waals surface area contributed by atoms with E-state index in [0.717, 1.165) is 12.8 Å². The lowest BCUT2D eigenvalue weighted by Crippen LogP contribution is -2.30. The molecule has 1 aromatic rings. The smallest absolute Gasteiger partial charge is 0.0928 e. The molecule has 1 aliphatic rings. The zero-order chi connectivity index (χ0) is 11.1. The van der Waals surface area contributed by atoms with Gasteiger partial charge < -0.3 is 5.32 Å². The Morgan fingerprint density at radius 3 is 2.87 bits per heavy atom. The Bertz CT molecular complexity index is 355. The average molecular weight is 224 g/mol. The molecule has 1 N–H and O–H groups in total. The highest BCUT2D eigenvalue weighted by molar-refractivity contribution is 7.11. The van der Waals surface area contributed by atoms with Crippen molar-refractivity contribution in [3.8, 4) is 0 Å². The molecule has 0 amide bonds. The van der Waals surface area contributed by atoms with Crippen LogP contribution < -0.4 is 5.32 Å². The molecule has 0 bridgehead atoms. The summed E-state index contributed by atoms with van der Waals surface area (Å²) < 4.78 is 0. The van der Waals surface area contributed by atoms with Gasteiger partial charge in [-0.1, -0.05) is 20.8 Å².